The van der Waals surface area contributed by atoms with E-state index in [0.717, 1.165) is 44.1 Å². The number of esters is 2. The summed E-state index contributed by atoms with van der Waals surface area (Å²) in [6.45, 7) is 14.0. The van der Waals surface area contributed by atoms with E-state index in [2.05, 4.69) is 58.7 Å². The van der Waals surface area contributed by atoms with Gasteiger partial charge in [0.1, 0.15) is 69.9 Å². The van der Waals surface area contributed by atoms with Crippen molar-refractivity contribution in [2.45, 2.75) is 53.1 Å². The molecule has 4 aromatic heterocycles. The van der Waals surface area contributed by atoms with E-state index in [1.54, 1.807) is 19.9 Å². The van der Waals surface area contributed by atoms with E-state index in [-0.39, 0.29) is 13.2 Å². The predicted octanol–water partition coefficient (Wildman–Crippen LogP) is 1.76. The van der Waals surface area contributed by atoms with Gasteiger partial charge in [0, 0.05) is 46.5 Å². The molecule has 0 aliphatic rings. The zero-order valence-electron chi connectivity index (χ0n) is 34.8. The van der Waals surface area contributed by atoms with Crippen molar-refractivity contribution < 1.29 is 57.1 Å². The third-order valence-electron chi connectivity index (χ3n) is 10.3. The zero-order chi connectivity index (χ0) is 43.8. The van der Waals surface area contributed by atoms with E-state index in [1.165, 1.54) is 0 Å². The van der Waals surface area contributed by atoms with Crippen molar-refractivity contribution in [3.8, 4) is 5.75 Å². The van der Waals surface area contributed by atoms with Crippen LogP contribution in [-0.4, -0.2) is 64.2 Å². The highest BCUT2D eigenvalue weighted by Gasteiger charge is 2.21. The lowest BCUT2D eigenvalue weighted by Crippen LogP contribution is -2.38. The second-order valence-electron chi connectivity index (χ2n) is 15.3. The van der Waals surface area contributed by atoms with Gasteiger partial charge in [-0.1, -0.05) is 25.3 Å². The molecule has 4 heterocycles. The van der Waals surface area contributed by atoms with Crippen LogP contribution in [0.15, 0.2) is 147 Å². The summed E-state index contributed by atoms with van der Waals surface area (Å²) in [7, 11) is -0.952. The highest BCUT2D eigenvalue weighted by molar-refractivity contribution is 6.58. The van der Waals surface area contributed by atoms with Crippen LogP contribution in [-0.2, 0) is 58.3 Å². The number of nitrogens with zero attached hydrogens (tertiary/aromatic N) is 6. The number of fused-ring (bicyclic) bond motifs is 3. The molecule has 0 atom stereocenters. The Bertz CT molecular complexity index is 2780. The minimum absolute atomic E-state index is 0.222. The average Bonchev–Trinajstić information content (AvgIpc) is 3.89. The molecule has 0 aliphatic heterocycles. The minimum atomic E-state index is -1.63. The van der Waals surface area contributed by atoms with E-state index in [0.29, 0.717) is 69.3 Å². The van der Waals surface area contributed by atoms with Crippen LogP contribution in [0.4, 0.5) is 0 Å². The fourth-order valence-electron chi connectivity index (χ4n) is 7.43. The largest absolute Gasteiger partial charge is 0.569 e. The van der Waals surface area contributed by atoms with Gasteiger partial charge in [0.2, 0.25) is 23.7 Å². The Morgan fingerprint density at radius 2 is 1.11 bits per heavy atom. The van der Waals surface area contributed by atoms with E-state index in [4.69, 9.17) is 14.1 Å². The van der Waals surface area contributed by atoms with Gasteiger partial charge in [-0.15, -0.1) is 0 Å². The molecule has 0 bridgehead atoms. The number of rotatable bonds is 19. The molecule has 3 aromatic carbocycles. The monoisotopic (exact) mass is 835 g/mol. The first-order valence-corrected chi connectivity index (χ1v) is 20.1. The average molecular weight is 836 g/mol. The smallest absolute Gasteiger partial charge is 0.537 e. The molecular formula is C46H49B2N6O8+4. The molecule has 16 heteroatoms. The number of hydrogen-bond donors (Lipinski definition) is 3. The summed E-state index contributed by atoms with van der Waals surface area (Å²) >= 11 is 0. The Hall–Kier alpha value is -6.87. The number of ether oxygens (including phenoxy) is 2. The molecule has 0 fully saturated rings. The normalized spacial score (nSPS) is 11.1. The topological polar surface area (TPSA) is 148 Å². The minimum Gasteiger partial charge on any atom is -0.537 e. The molecule has 313 valence electrons. The van der Waals surface area contributed by atoms with Gasteiger partial charge in [0.05, 0.1) is 10.8 Å². The maximum Gasteiger partial charge on any atom is 0.569 e. The van der Waals surface area contributed by atoms with Crippen LogP contribution in [0.1, 0.15) is 36.1 Å². The van der Waals surface area contributed by atoms with Gasteiger partial charge in [0.15, 0.2) is 25.5 Å². The predicted molar refractivity (Wildman–Crippen MR) is 230 cm³/mol. The van der Waals surface area contributed by atoms with Crippen LogP contribution >= 0.6 is 0 Å². The van der Waals surface area contributed by atoms with Crippen LogP contribution in [0.25, 0.3) is 21.8 Å². The molecule has 7 aromatic rings. The van der Waals surface area contributed by atoms with Crippen molar-refractivity contribution >= 4 is 54.0 Å². The molecule has 3 N–H and O–H groups in total. The van der Waals surface area contributed by atoms with Crippen LogP contribution in [0.2, 0.25) is 0 Å². The summed E-state index contributed by atoms with van der Waals surface area (Å²) < 4.78 is 28.2. The Kier molecular flexibility index (Phi) is 13.7. The molecule has 0 unspecified atom stereocenters. The number of carbonyl (C=O) groups is 2. The van der Waals surface area contributed by atoms with Gasteiger partial charge in [-0.05, 0) is 66.8 Å². The molecule has 0 spiro atoms. The Morgan fingerprint density at radius 3 is 1.56 bits per heavy atom. The van der Waals surface area contributed by atoms with Gasteiger partial charge in [-0.25, -0.2) is 27.9 Å². The molecule has 0 amide bonds. The summed E-state index contributed by atoms with van der Waals surface area (Å²) in [5.41, 5.74) is 6.94. The summed E-state index contributed by atoms with van der Waals surface area (Å²) in [5.74, 6) is -0.318. The third-order valence-corrected chi connectivity index (χ3v) is 10.3. The molecule has 0 saturated carbocycles. The molecule has 0 aliphatic carbocycles. The fraction of sp³-hybridized carbons (Fsp3) is 0.217. The van der Waals surface area contributed by atoms with E-state index < -0.39 is 19.1 Å². The van der Waals surface area contributed by atoms with Gasteiger partial charge < -0.3 is 29.2 Å². The lowest BCUT2D eigenvalue weighted by molar-refractivity contribution is -0.688. The highest BCUT2D eigenvalue weighted by Crippen LogP contribution is 2.23. The lowest BCUT2D eigenvalue weighted by Gasteiger charge is -2.10. The molecule has 14 nitrogen and oxygen atoms in total. The van der Waals surface area contributed by atoms with Crippen LogP contribution in [0.3, 0.4) is 0 Å². The first-order valence-electron chi connectivity index (χ1n) is 20.1. The van der Waals surface area contributed by atoms with Gasteiger partial charge in [0.25, 0.3) is 0 Å². The number of aromatic nitrogens is 6. The number of imidazole rings is 2. The van der Waals surface area contributed by atoms with E-state index in [1.807, 2.05) is 98.4 Å². The molecular weight excluding hydrogens is 786 g/mol. The quantitative estimate of drug-likeness (QED) is 0.0368. The number of carbonyl (C=O) groups excluding carboxylic acids is 2. The van der Waals surface area contributed by atoms with Gasteiger partial charge in [-0.3, -0.25) is 0 Å². The summed E-state index contributed by atoms with van der Waals surface area (Å²) in [5, 5.41) is 32.1. The van der Waals surface area contributed by atoms with Crippen molar-refractivity contribution in [1.82, 2.24) is 9.13 Å². The molecule has 7 rings (SSSR count). The summed E-state index contributed by atoms with van der Waals surface area (Å²) in [6, 6.07) is 24.1. The standard InChI is InChI=1S/C46H49B2N6O8/c1-33(2)45(55)60-19-17-49-13-15-51(31-49)27-35-21-36(24-39(23-35)48(58)59)29-53-11-5-7-41-42-8-6-12-54(44(42)10-9-43(41)53)30-38-22-37(25-40(26-38)62-47-57)28-52-16-14-50(32-52)18-20-61-46(56)34(3)4/h5-16,21-26,31-32,57-59H,1,3,17-20,27-30H2,2,4H3/q+4. The van der Waals surface area contributed by atoms with Crippen molar-refractivity contribution in [3.63, 3.8) is 0 Å². The second kappa shape index (κ2) is 19.7. The first kappa shape index (κ1) is 43.2. The van der Waals surface area contributed by atoms with Gasteiger partial charge in [-0.2, -0.15) is 9.13 Å². The van der Waals surface area contributed by atoms with Crippen LogP contribution < -0.4 is 28.4 Å². The first-order chi connectivity index (χ1) is 29.9. The zero-order valence-corrected chi connectivity index (χ0v) is 34.8. The molecule has 1 radical (unpaired) electrons. The Morgan fingerprint density at radius 1 is 0.661 bits per heavy atom. The third kappa shape index (κ3) is 10.9. The second-order valence-corrected chi connectivity index (χ2v) is 15.3. The maximum atomic E-state index is 11.8. The SMILES string of the molecule is C=C(C)C(=O)OCCn1cc[n+](Cc2cc(C[n+]3cccc4c5ccc[n+](Cc6cc(C[n+]7ccn(CCOC(=O)C(=C)C)c7)cc(B(O)O)c6)c5ccc43)cc(O[B]O)c2)c1. The highest BCUT2D eigenvalue weighted by atomic mass is 16.5. The summed E-state index contributed by atoms with van der Waals surface area (Å²) in [6.07, 6.45) is 15.6. The lowest BCUT2D eigenvalue weighted by atomic mass is 9.78. The Labute approximate surface area is 360 Å². The number of benzene rings is 3. The maximum absolute atomic E-state index is 11.8. The molecule has 0 saturated heterocycles. The Balaban J connectivity index is 1.09. The number of hydrogen-bond acceptors (Lipinski definition) is 8. The van der Waals surface area contributed by atoms with Crippen molar-refractivity contribution in [2.75, 3.05) is 13.2 Å². The van der Waals surface area contributed by atoms with Crippen LogP contribution in [0, 0.1) is 0 Å². The van der Waals surface area contributed by atoms with E-state index in [9.17, 15) is 24.7 Å². The van der Waals surface area contributed by atoms with Crippen LogP contribution in [0.5, 0.6) is 5.75 Å². The number of pyridine rings is 2. The van der Waals surface area contributed by atoms with Gasteiger partial charge >= 0.3 is 26.7 Å². The van der Waals surface area contributed by atoms with Crippen molar-refractivity contribution in [2.24, 2.45) is 0 Å². The van der Waals surface area contributed by atoms with E-state index >= 15 is 0 Å². The fourth-order valence-corrected chi connectivity index (χ4v) is 7.43. The summed E-state index contributed by atoms with van der Waals surface area (Å²) in [4.78, 5) is 23.5. The van der Waals surface area contributed by atoms with Crippen molar-refractivity contribution in [1.29, 1.82) is 0 Å². The van der Waals surface area contributed by atoms with Crippen molar-refractivity contribution in [3.05, 3.63) is 169 Å². The molecule has 62 heavy (non-hydrogen) atoms.